The molecule has 0 aliphatic heterocycles. The van der Waals surface area contributed by atoms with Crippen molar-refractivity contribution in [3.63, 3.8) is 0 Å². The molecule has 0 aliphatic rings. The van der Waals surface area contributed by atoms with Gasteiger partial charge in [-0.15, -0.1) is 0 Å². The van der Waals surface area contributed by atoms with Crippen molar-refractivity contribution in [1.82, 2.24) is 4.98 Å². The number of phenols is 1. The number of carbonyl (C=O) groups excluding carboxylic acids is 1. The predicted octanol–water partition coefficient (Wildman–Crippen LogP) is 4.60. The molecule has 0 saturated carbocycles. The van der Waals surface area contributed by atoms with Crippen LogP contribution >= 0.6 is 0 Å². The van der Waals surface area contributed by atoms with E-state index in [1.807, 2.05) is 0 Å². The summed E-state index contributed by atoms with van der Waals surface area (Å²) in [6.07, 6.45) is 1.54. The second kappa shape index (κ2) is 7.35. The number of amides is 1. The Bertz CT molecular complexity index is 834. The van der Waals surface area contributed by atoms with Crippen LogP contribution in [0.5, 0.6) is 5.75 Å². The molecule has 0 bridgehead atoms. The highest BCUT2D eigenvalue weighted by Crippen LogP contribution is 2.27. The average Bonchev–Trinajstić information content (AvgIpc) is 2.48. The van der Waals surface area contributed by atoms with Crippen molar-refractivity contribution in [1.29, 1.82) is 0 Å². The number of rotatable bonds is 2. The summed E-state index contributed by atoms with van der Waals surface area (Å²) in [6, 6.07) is 12.3. The number of aromatic hydroxyl groups is 1. The molecule has 2 N–H and O–H groups in total. The summed E-state index contributed by atoms with van der Waals surface area (Å²) in [7, 11) is 0. The molecule has 23 heavy (non-hydrogen) atoms. The Morgan fingerprint density at radius 1 is 1.09 bits per heavy atom. The molecule has 0 fully saturated rings. The Morgan fingerprint density at radius 2 is 1.87 bits per heavy atom. The summed E-state index contributed by atoms with van der Waals surface area (Å²) in [5, 5.41) is 13.4. The van der Waals surface area contributed by atoms with Gasteiger partial charge in [0, 0.05) is 17.3 Å². The van der Waals surface area contributed by atoms with Gasteiger partial charge >= 0.3 is 0 Å². The molecule has 1 aromatic heterocycles. The van der Waals surface area contributed by atoms with E-state index in [1.165, 1.54) is 30.5 Å². The van der Waals surface area contributed by atoms with Gasteiger partial charge in [0.15, 0.2) is 5.75 Å². The number of pyridine rings is 1. The van der Waals surface area contributed by atoms with Gasteiger partial charge in [0.1, 0.15) is 11.3 Å². The van der Waals surface area contributed by atoms with E-state index >= 15 is 0 Å². The first-order valence-electron chi connectivity index (χ1n) is 6.29. The topological polar surface area (TPSA) is 62.2 Å². The lowest BCUT2D eigenvalue weighted by atomic mass is 10.1. The van der Waals surface area contributed by atoms with Gasteiger partial charge in [0.25, 0.3) is 5.91 Å². The van der Waals surface area contributed by atoms with Crippen LogP contribution in [0.2, 0.25) is 0 Å². The molecule has 2 aromatic carbocycles. The number of nitrogens with zero attached hydrogens (tertiary/aromatic N) is 1. The largest absolute Gasteiger partial charge is 0.505 e. The van der Waals surface area contributed by atoms with Crippen molar-refractivity contribution in [3.8, 4) is 5.75 Å². The molecular weight excluding hydrogens is 295 g/mol. The molecule has 3 rings (SSSR count). The summed E-state index contributed by atoms with van der Waals surface area (Å²) in [5.41, 5.74) is 0.760. The predicted molar refractivity (Wildman–Crippen MR) is 91.2 cm³/mol. The highest BCUT2D eigenvalue weighted by Gasteiger charge is 2.14. The second-order valence-electron chi connectivity index (χ2n) is 4.50. The second-order valence-corrected chi connectivity index (χ2v) is 4.50. The minimum atomic E-state index is -0.523. The molecule has 120 valence electrons. The number of benzene rings is 2. The van der Waals surface area contributed by atoms with Crippen molar-refractivity contribution in [2.24, 2.45) is 0 Å². The van der Waals surface area contributed by atoms with Crippen LogP contribution in [-0.4, -0.2) is 16.0 Å². The van der Waals surface area contributed by atoms with E-state index in [1.54, 1.807) is 24.3 Å². The molecular formula is C18H19FN2O2. The number of aromatic nitrogens is 1. The number of fused-ring (bicyclic) bond motifs is 1. The number of nitrogens with one attached hydrogen (secondary N) is 1. The third-order valence-corrected chi connectivity index (χ3v) is 3.08. The Balaban J connectivity index is 0.00000132. The lowest BCUT2D eigenvalue weighted by Crippen LogP contribution is -2.12. The van der Waals surface area contributed by atoms with Gasteiger partial charge in [0.05, 0.1) is 5.56 Å². The Morgan fingerprint density at radius 3 is 2.61 bits per heavy atom. The number of hydrogen-bond donors (Lipinski definition) is 2. The number of hydrogen-bond acceptors (Lipinski definition) is 3. The summed E-state index contributed by atoms with van der Waals surface area (Å²) >= 11 is 0. The summed E-state index contributed by atoms with van der Waals surface area (Å²) in [4.78, 5) is 16.2. The lowest BCUT2D eigenvalue weighted by Gasteiger charge is -2.08. The molecule has 0 radical (unpaired) electrons. The first-order chi connectivity index (χ1) is 10.1. The van der Waals surface area contributed by atoms with Gasteiger partial charge in [-0.3, -0.25) is 9.78 Å². The molecule has 1 heterocycles. The van der Waals surface area contributed by atoms with E-state index in [-0.39, 0.29) is 26.2 Å². The molecule has 0 atom stereocenters. The van der Waals surface area contributed by atoms with Crippen molar-refractivity contribution >= 4 is 22.5 Å². The SMILES string of the molecule is C.C.O=C(Nc1cccc(F)c1)c1ccc2cccnc2c1O. The van der Waals surface area contributed by atoms with E-state index in [4.69, 9.17) is 0 Å². The smallest absolute Gasteiger partial charge is 0.259 e. The Hall–Kier alpha value is -2.95. The minimum absolute atomic E-state index is 0. The fourth-order valence-electron chi connectivity index (χ4n) is 2.08. The van der Waals surface area contributed by atoms with Crippen LogP contribution in [0.15, 0.2) is 54.7 Å². The zero-order chi connectivity index (χ0) is 14.8. The normalized spacial score (nSPS) is 9.61. The monoisotopic (exact) mass is 314 g/mol. The quantitative estimate of drug-likeness (QED) is 0.726. The van der Waals surface area contributed by atoms with Crippen LogP contribution in [0.4, 0.5) is 10.1 Å². The Labute approximate surface area is 134 Å². The van der Waals surface area contributed by atoms with Gasteiger partial charge in [0.2, 0.25) is 0 Å². The molecule has 4 nitrogen and oxygen atoms in total. The van der Waals surface area contributed by atoms with E-state index in [2.05, 4.69) is 10.3 Å². The fourth-order valence-corrected chi connectivity index (χ4v) is 2.08. The number of anilines is 1. The maximum absolute atomic E-state index is 13.1. The highest BCUT2D eigenvalue weighted by atomic mass is 19.1. The van der Waals surface area contributed by atoms with E-state index in [0.29, 0.717) is 11.2 Å². The fraction of sp³-hybridized carbons (Fsp3) is 0.111. The van der Waals surface area contributed by atoms with E-state index in [0.717, 1.165) is 5.39 Å². The van der Waals surface area contributed by atoms with Crippen LogP contribution in [-0.2, 0) is 0 Å². The average molecular weight is 314 g/mol. The summed E-state index contributed by atoms with van der Waals surface area (Å²) in [6.45, 7) is 0. The van der Waals surface area contributed by atoms with Gasteiger partial charge in [-0.25, -0.2) is 4.39 Å². The summed E-state index contributed by atoms with van der Waals surface area (Å²) < 4.78 is 13.1. The molecule has 0 unspecified atom stereocenters. The van der Waals surface area contributed by atoms with Crippen molar-refractivity contribution in [2.75, 3.05) is 5.32 Å². The molecule has 0 spiro atoms. The maximum atomic E-state index is 13.1. The van der Waals surface area contributed by atoms with E-state index < -0.39 is 11.7 Å². The highest BCUT2D eigenvalue weighted by molar-refractivity contribution is 6.09. The Kier molecular flexibility index (Phi) is 5.79. The molecule has 1 amide bonds. The van der Waals surface area contributed by atoms with Crippen molar-refractivity contribution in [3.05, 3.63) is 66.1 Å². The van der Waals surface area contributed by atoms with E-state index in [9.17, 15) is 14.3 Å². The zero-order valence-electron chi connectivity index (χ0n) is 10.9. The molecule has 3 aromatic rings. The molecule has 5 heteroatoms. The number of phenolic OH excluding ortho intramolecular Hbond substituents is 1. The zero-order valence-corrected chi connectivity index (χ0v) is 10.9. The van der Waals surface area contributed by atoms with Crippen molar-refractivity contribution < 1.29 is 14.3 Å². The van der Waals surface area contributed by atoms with Gasteiger partial charge in [-0.1, -0.05) is 33.1 Å². The van der Waals surface area contributed by atoms with Crippen LogP contribution in [0.25, 0.3) is 10.9 Å². The van der Waals surface area contributed by atoms with Gasteiger partial charge in [-0.2, -0.15) is 0 Å². The van der Waals surface area contributed by atoms with Crippen LogP contribution in [0.3, 0.4) is 0 Å². The molecule has 0 aliphatic carbocycles. The number of carbonyl (C=O) groups is 1. The van der Waals surface area contributed by atoms with Crippen molar-refractivity contribution in [2.45, 2.75) is 14.9 Å². The number of halogens is 1. The first-order valence-corrected chi connectivity index (χ1v) is 6.29. The standard InChI is InChI=1S/C16H11FN2O2.2CH4/c17-11-4-1-5-12(9-11)19-16(21)13-7-6-10-3-2-8-18-14(10)15(13)20;;/h1-9,20H,(H,19,21);2*1H4. The molecule has 0 saturated heterocycles. The summed E-state index contributed by atoms with van der Waals surface area (Å²) in [5.74, 6) is -1.16. The lowest BCUT2D eigenvalue weighted by molar-refractivity contribution is 0.102. The third-order valence-electron chi connectivity index (χ3n) is 3.08. The van der Waals surface area contributed by atoms with Crippen LogP contribution in [0, 0.1) is 5.82 Å². The van der Waals surface area contributed by atoms with Crippen LogP contribution in [0.1, 0.15) is 25.2 Å². The minimum Gasteiger partial charge on any atom is -0.505 e. The van der Waals surface area contributed by atoms with Crippen LogP contribution < -0.4 is 5.32 Å². The first kappa shape index (κ1) is 18.1. The maximum Gasteiger partial charge on any atom is 0.259 e. The third kappa shape index (κ3) is 3.63. The van der Waals surface area contributed by atoms with Gasteiger partial charge in [-0.05, 0) is 30.3 Å². The van der Waals surface area contributed by atoms with Gasteiger partial charge < -0.3 is 10.4 Å².